The predicted octanol–water partition coefficient (Wildman–Crippen LogP) is 1.34. The second-order valence-corrected chi connectivity index (χ2v) is 5.31. The number of nitrogens with two attached hydrogens (primary N) is 1. The lowest BCUT2D eigenvalue weighted by Gasteiger charge is -2.12. The first-order valence-corrected chi connectivity index (χ1v) is 6.10. The molecule has 1 aromatic rings. The molecule has 0 amide bonds. The van der Waals surface area contributed by atoms with Gasteiger partial charge >= 0.3 is 0 Å². The van der Waals surface area contributed by atoms with Crippen LogP contribution in [0, 0.1) is 5.41 Å². The van der Waals surface area contributed by atoms with E-state index in [0.29, 0.717) is 10.0 Å². The minimum atomic E-state index is -0.163. The van der Waals surface area contributed by atoms with Gasteiger partial charge in [0.25, 0.3) is 0 Å². The molecule has 15 heavy (non-hydrogen) atoms. The van der Waals surface area contributed by atoms with Crippen LogP contribution in [0.1, 0.15) is 21.8 Å². The number of aryl methyl sites for hydroxylation is 1. The molecule has 0 fully saturated rings. The molecule has 80 valence electrons. The number of aromatic nitrogens is 1. The van der Waals surface area contributed by atoms with E-state index in [0.717, 1.165) is 18.5 Å². The number of hydrogen-bond donors (Lipinski definition) is 3. The summed E-state index contributed by atoms with van der Waals surface area (Å²) < 4.78 is 0. The van der Waals surface area contributed by atoms with E-state index >= 15 is 0 Å². The van der Waals surface area contributed by atoms with Gasteiger partial charge < -0.3 is 11.1 Å². The maximum Gasteiger partial charge on any atom is 0.192 e. The summed E-state index contributed by atoms with van der Waals surface area (Å²) in [6.45, 7) is 0. The number of fused-ring (bicyclic) bond motifs is 1. The second-order valence-electron chi connectivity index (χ2n) is 3.20. The van der Waals surface area contributed by atoms with Crippen LogP contribution in [0.5, 0.6) is 0 Å². The molecular weight excluding hydrogens is 280 g/mol. The first-order valence-electron chi connectivity index (χ1n) is 4.37. The molecule has 7 heteroatoms. The largest absolute Gasteiger partial charge is 0.370 e. The van der Waals surface area contributed by atoms with Gasteiger partial charge in [-0.3, -0.25) is 10.2 Å². The smallest absolute Gasteiger partial charge is 0.192 e. The topological polar surface area (TPSA) is 91.9 Å². The van der Waals surface area contributed by atoms with Gasteiger partial charge in [0.15, 0.2) is 16.9 Å². The molecule has 4 N–H and O–H groups in total. The molecule has 0 saturated carbocycles. The number of thiazole rings is 1. The number of alkyl halides is 1. The highest BCUT2D eigenvalue weighted by Crippen LogP contribution is 2.32. The highest BCUT2D eigenvalue weighted by molar-refractivity contribution is 9.10. The molecule has 0 aromatic carbocycles. The molecule has 0 bridgehead atoms. The van der Waals surface area contributed by atoms with Crippen LogP contribution in [0.4, 0.5) is 5.13 Å². The molecule has 1 aliphatic carbocycles. The third kappa shape index (κ3) is 2.03. The molecule has 0 saturated heterocycles. The number of guanidine groups is 1. The minimum Gasteiger partial charge on any atom is -0.370 e. The van der Waals surface area contributed by atoms with Crippen LogP contribution in [0.2, 0.25) is 0 Å². The number of nitrogens with zero attached hydrogens (tertiary/aromatic N) is 1. The van der Waals surface area contributed by atoms with Crippen molar-refractivity contribution in [1.82, 2.24) is 4.98 Å². The third-order valence-electron chi connectivity index (χ3n) is 2.08. The Kier molecular flexibility index (Phi) is 2.74. The maximum atomic E-state index is 11.7. The number of nitrogens with one attached hydrogen (secondary N) is 2. The van der Waals surface area contributed by atoms with Crippen LogP contribution < -0.4 is 11.1 Å². The average Bonchev–Trinajstić information content (AvgIpc) is 2.54. The van der Waals surface area contributed by atoms with Crippen molar-refractivity contribution in [2.75, 3.05) is 5.32 Å². The van der Waals surface area contributed by atoms with Crippen LogP contribution in [0.15, 0.2) is 0 Å². The van der Waals surface area contributed by atoms with E-state index in [-0.39, 0.29) is 16.6 Å². The van der Waals surface area contributed by atoms with Gasteiger partial charge in [-0.05, 0) is 12.8 Å². The standard InChI is InChI=1S/C8H9BrN4OS/c9-3-1-2-4-6(5(3)14)15-8(12-4)13-7(10)11/h3H,1-2H2,(H4,10,11,12,13). The molecule has 1 aromatic heterocycles. The van der Waals surface area contributed by atoms with E-state index in [2.05, 4.69) is 26.2 Å². The Morgan fingerprint density at radius 1 is 1.73 bits per heavy atom. The normalized spacial score (nSPS) is 19.8. The van der Waals surface area contributed by atoms with Gasteiger partial charge in [0.05, 0.1) is 15.4 Å². The second kappa shape index (κ2) is 3.90. The predicted molar refractivity (Wildman–Crippen MR) is 63.0 cm³/mol. The monoisotopic (exact) mass is 288 g/mol. The van der Waals surface area contributed by atoms with Gasteiger partial charge in [0.2, 0.25) is 0 Å². The van der Waals surface area contributed by atoms with Crippen LogP contribution >= 0.6 is 27.3 Å². The highest BCUT2D eigenvalue weighted by atomic mass is 79.9. The Balaban J connectivity index is 2.31. The minimum absolute atomic E-state index is 0.0744. The Hall–Kier alpha value is -0.950. The SMILES string of the molecule is N=C(N)Nc1nc2c(s1)C(=O)C(Br)CC2. The Morgan fingerprint density at radius 3 is 3.13 bits per heavy atom. The Bertz CT molecular complexity index is 430. The summed E-state index contributed by atoms with van der Waals surface area (Å²) in [4.78, 5) is 16.5. The lowest BCUT2D eigenvalue weighted by molar-refractivity contribution is 0.0985. The Labute approximate surface area is 98.7 Å². The number of rotatable bonds is 1. The fourth-order valence-electron chi connectivity index (χ4n) is 1.42. The fraction of sp³-hybridized carbons (Fsp3) is 0.375. The lowest BCUT2D eigenvalue weighted by Crippen LogP contribution is -2.21. The van der Waals surface area contributed by atoms with Crippen molar-refractivity contribution in [2.24, 2.45) is 5.73 Å². The summed E-state index contributed by atoms with van der Waals surface area (Å²) in [5, 5.41) is 10.2. The van der Waals surface area contributed by atoms with Crippen molar-refractivity contribution >= 4 is 44.1 Å². The van der Waals surface area contributed by atoms with E-state index in [1.807, 2.05) is 0 Å². The summed E-state index contributed by atoms with van der Waals surface area (Å²) >= 11 is 4.58. The number of ketones is 1. The van der Waals surface area contributed by atoms with Crippen molar-refractivity contribution in [1.29, 1.82) is 5.41 Å². The van der Waals surface area contributed by atoms with Gasteiger partial charge in [0, 0.05) is 0 Å². The first kappa shape index (κ1) is 10.6. The molecule has 1 unspecified atom stereocenters. The maximum absolute atomic E-state index is 11.7. The average molecular weight is 289 g/mol. The third-order valence-corrected chi connectivity index (χ3v) is 3.98. The molecule has 0 radical (unpaired) electrons. The van der Waals surface area contributed by atoms with Crippen molar-refractivity contribution < 1.29 is 4.79 Å². The molecule has 1 aliphatic rings. The van der Waals surface area contributed by atoms with E-state index in [4.69, 9.17) is 11.1 Å². The summed E-state index contributed by atoms with van der Waals surface area (Å²) in [6.07, 6.45) is 1.56. The van der Waals surface area contributed by atoms with Crippen molar-refractivity contribution in [2.45, 2.75) is 17.7 Å². The summed E-state index contributed by atoms with van der Waals surface area (Å²) in [5.41, 5.74) is 6.00. The van der Waals surface area contributed by atoms with Gasteiger partial charge in [-0.15, -0.1) is 0 Å². The zero-order valence-electron chi connectivity index (χ0n) is 7.71. The molecule has 2 rings (SSSR count). The molecule has 5 nitrogen and oxygen atoms in total. The zero-order valence-corrected chi connectivity index (χ0v) is 10.1. The van der Waals surface area contributed by atoms with E-state index in [9.17, 15) is 4.79 Å². The molecule has 1 heterocycles. The van der Waals surface area contributed by atoms with Crippen LogP contribution in [0.25, 0.3) is 0 Å². The molecule has 1 atom stereocenters. The van der Waals surface area contributed by atoms with Crippen molar-refractivity contribution in [3.05, 3.63) is 10.6 Å². The highest BCUT2D eigenvalue weighted by Gasteiger charge is 2.28. The fourth-order valence-corrected chi connectivity index (χ4v) is 3.05. The zero-order chi connectivity index (χ0) is 11.0. The van der Waals surface area contributed by atoms with E-state index < -0.39 is 0 Å². The van der Waals surface area contributed by atoms with Crippen LogP contribution in [0.3, 0.4) is 0 Å². The first-order chi connectivity index (χ1) is 7.08. The van der Waals surface area contributed by atoms with E-state index in [1.54, 1.807) is 0 Å². The van der Waals surface area contributed by atoms with Gasteiger partial charge in [-0.1, -0.05) is 27.3 Å². The van der Waals surface area contributed by atoms with Crippen molar-refractivity contribution in [3.8, 4) is 0 Å². The Morgan fingerprint density at radius 2 is 2.47 bits per heavy atom. The summed E-state index contributed by atoms with van der Waals surface area (Å²) in [6, 6.07) is 0. The molecular formula is C8H9BrN4OS. The number of hydrogen-bond acceptors (Lipinski definition) is 4. The van der Waals surface area contributed by atoms with Gasteiger partial charge in [-0.25, -0.2) is 4.98 Å². The van der Waals surface area contributed by atoms with E-state index in [1.165, 1.54) is 11.3 Å². The molecule has 0 spiro atoms. The van der Waals surface area contributed by atoms with Crippen LogP contribution in [-0.2, 0) is 6.42 Å². The number of Topliss-reactive ketones (excluding diaryl/α,β-unsaturated/α-hetero) is 1. The van der Waals surface area contributed by atoms with Crippen molar-refractivity contribution in [3.63, 3.8) is 0 Å². The van der Waals surface area contributed by atoms with Crippen LogP contribution in [-0.4, -0.2) is 21.6 Å². The van der Waals surface area contributed by atoms with Gasteiger partial charge in [-0.2, -0.15) is 0 Å². The number of carbonyl (C=O) groups excluding carboxylic acids is 1. The van der Waals surface area contributed by atoms with Gasteiger partial charge in [0.1, 0.15) is 0 Å². The number of halogens is 1. The summed E-state index contributed by atoms with van der Waals surface area (Å²) in [5.74, 6) is -0.0886. The summed E-state index contributed by atoms with van der Waals surface area (Å²) in [7, 11) is 0. The number of anilines is 1. The quantitative estimate of drug-likeness (QED) is 0.413. The lowest BCUT2D eigenvalue weighted by atomic mass is 10.0. The number of carbonyl (C=O) groups is 1. The molecule has 0 aliphatic heterocycles.